The Labute approximate surface area is 176 Å². The van der Waals surface area contributed by atoms with Crippen LogP contribution in [0.15, 0.2) is 43.5 Å². The first-order valence-corrected chi connectivity index (χ1v) is 10.7. The van der Waals surface area contributed by atoms with Gasteiger partial charge < -0.3 is 4.74 Å². The fourth-order valence-electron chi connectivity index (χ4n) is 5.22. The summed E-state index contributed by atoms with van der Waals surface area (Å²) < 4.78 is 5.98. The Bertz CT molecular complexity index is 898. The molecule has 0 amide bonds. The number of carbonyl (C=O) groups excluding carboxylic acids is 1. The van der Waals surface area contributed by atoms with Gasteiger partial charge in [0.2, 0.25) is 0 Å². The molecule has 0 radical (unpaired) electrons. The summed E-state index contributed by atoms with van der Waals surface area (Å²) in [6, 6.07) is 10.3. The van der Waals surface area contributed by atoms with Crippen molar-refractivity contribution < 1.29 is 9.53 Å². The molecule has 0 atom stereocenters. The average molecular weight is 393 g/mol. The molecule has 2 aromatic carbocycles. The van der Waals surface area contributed by atoms with Gasteiger partial charge in [-0.1, -0.05) is 77.3 Å². The first-order valence-electron chi connectivity index (χ1n) is 10.7. The number of benzene rings is 2. The molecule has 0 spiro atoms. The van der Waals surface area contributed by atoms with Crippen LogP contribution in [0, 0.1) is 16.7 Å². The number of rotatable bonds is 9. The van der Waals surface area contributed by atoms with Crippen LogP contribution in [0.1, 0.15) is 71.1 Å². The Hall–Kier alpha value is -2.35. The normalized spacial score (nSPS) is 12.2. The standard InChI is InChI=1S/C27H36O2/c1-9-20-17-21-15-13-14-16-23(21)24(22(20)10-2)18-29-25(28)26(7,8)27(11-3,12-4)19(5)6/h9-10,13-17,19H,1-2,11-12,18H2,3-8H3. The zero-order valence-electron chi connectivity index (χ0n) is 19.0. The predicted octanol–water partition coefficient (Wildman–Crippen LogP) is 7.66. The number of esters is 1. The van der Waals surface area contributed by atoms with Crippen LogP contribution in [-0.2, 0) is 16.1 Å². The van der Waals surface area contributed by atoms with E-state index in [0.717, 1.165) is 40.3 Å². The van der Waals surface area contributed by atoms with Gasteiger partial charge in [0.25, 0.3) is 0 Å². The second-order valence-corrected chi connectivity index (χ2v) is 8.71. The first-order chi connectivity index (χ1) is 13.7. The maximum absolute atomic E-state index is 13.3. The van der Waals surface area contributed by atoms with Crippen molar-refractivity contribution in [1.82, 2.24) is 0 Å². The fourth-order valence-corrected chi connectivity index (χ4v) is 5.22. The topological polar surface area (TPSA) is 26.3 Å². The highest BCUT2D eigenvalue weighted by Crippen LogP contribution is 2.51. The molecule has 0 aliphatic carbocycles. The second kappa shape index (κ2) is 8.98. The van der Waals surface area contributed by atoms with Gasteiger partial charge in [-0.2, -0.15) is 0 Å². The van der Waals surface area contributed by atoms with Gasteiger partial charge in [-0.25, -0.2) is 0 Å². The van der Waals surface area contributed by atoms with Crippen LogP contribution in [0.25, 0.3) is 22.9 Å². The number of ether oxygens (including phenoxy) is 1. The summed E-state index contributed by atoms with van der Waals surface area (Å²) in [6.45, 7) is 21.0. The molecule has 0 aliphatic rings. The van der Waals surface area contributed by atoms with E-state index in [2.05, 4.69) is 59.1 Å². The molecule has 0 saturated heterocycles. The Morgan fingerprint density at radius 1 is 1.10 bits per heavy atom. The van der Waals surface area contributed by atoms with E-state index < -0.39 is 5.41 Å². The Balaban J connectivity index is 2.45. The first kappa shape index (κ1) is 22.9. The molecule has 0 bridgehead atoms. The van der Waals surface area contributed by atoms with Gasteiger partial charge in [0, 0.05) is 5.56 Å². The number of carbonyl (C=O) groups is 1. The maximum Gasteiger partial charge on any atom is 0.312 e. The monoisotopic (exact) mass is 392 g/mol. The van der Waals surface area contributed by atoms with Gasteiger partial charge in [-0.15, -0.1) is 0 Å². The van der Waals surface area contributed by atoms with Crippen molar-refractivity contribution in [3.8, 4) is 0 Å². The molecule has 2 nitrogen and oxygen atoms in total. The van der Waals surface area contributed by atoms with Gasteiger partial charge >= 0.3 is 5.97 Å². The summed E-state index contributed by atoms with van der Waals surface area (Å²) in [5.41, 5.74) is 2.29. The van der Waals surface area contributed by atoms with Crippen LogP contribution in [0.2, 0.25) is 0 Å². The van der Waals surface area contributed by atoms with E-state index in [1.165, 1.54) is 0 Å². The van der Waals surface area contributed by atoms with E-state index >= 15 is 0 Å². The van der Waals surface area contributed by atoms with E-state index in [-0.39, 0.29) is 18.0 Å². The minimum Gasteiger partial charge on any atom is -0.460 e. The SMILES string of the molecule is C=Cc1cc2ccccc2c(COC(=O)C(C)(C)C(CC)(CC)C(C)C)c1C=C. The summed E-state index contributed by atoms with van der Waals surface area (Å²) in [5.74, 6) is 0.242. The van der Waals surface area contributed by atoms with Crippen molar-refractivity contribution in [2.24, 2.45) is 16.7 Å². The van der Waals surface area contributed by atoms with E-state index in [4.69, 9.17) is 4.74 Å². The van der Waals surface area contributed by atoms with Crippen molar-refractivity contribution in [2.45, 2.75) is 61.0 Å². The molecule has 0 aliphatic heterocycles. The molecule has 0 unspecified atom stereocenters. The molecule has 0 fully saturated rings. The lowest BCUT2D eigenvalue weighted by Crippen LogP contribution is -2.47. The molecule has 2 rings (SSSR count). The third kappa shape index (κ3) is 3.90. The largest absolute Gasteiger partial charge is 0.460 e. The average Bonchev–Trinajstić information content (AvgIpc) is 2.71. The summed E-state index contributed by atoms with van der Waals surface area (Å²) in [6.07, 6.45) is 5.54. The van der Waals surface area contributed by atoms with E-state index in [1.807, 2.05) is 38.1 Å². The molecule has 0 N–H and O–H groups in total. The van der Waals surface area contributed by atoms with E-state index in [1.54, 1.807) is 0 Å². The van der Waals surface area contributed by atoms with Crippen molar-refractivity contribution >= 4 is 28.9 Å². The van der Waals surface area contributed by atoms with Crippen LogP contribution in [0.4, 0.5) is 0 Å². The Morgan fingerprint density at radius 2 is 1.72 bits per heavy atom. The van der Waals surface area contributed by atoms with Crippen molar-refractivity contribution in [3.05, 3.63) is 60.2 Å². The molecular formula is C27H36O2. The number of hydrogen-bond donors (Lipinski definition) is 0. The highest BCUT2D eigenvalue weighted by atomic mass is 16.5. The van der Waals surface area contributed by atoms with Crippen LogP contribution in [0.5, 0.6) is 0 Å². The molecule has 0 saturated carbocycles. The third-order valence-electron chi connectivity index (χ3n) is 7.13. The number of hydrogen-bond acceptors (Lipinski definition) is 2. The quantitative estimate of drug-likeness (QED) is 0.409. The lowest BCUT2D eigenvalue weighted by Gasteiger charge is -2.47. The van der Waals surface area contributed by atoms with E-state index in [0.29, 0.717) is 5.92 Å². The van der Waals surface area contributed by atoms with Crippen LogP contribution < -0.4 is 0 Å². The summed E-state index contributed by atoms with van der Waals surface area (Å²) in [7, 11) is 0. The fraction of sp³-hybridized carbons (Fsp3) is 0.444. The van der Waals surface area contributed by atoms with Gasteiger partial charge in [0.1, 0.15) is 6.61 Å². The molecule has 2 heteroatoms. The molecule has 0 heterocycles. The van der Waals surface area contributed by atoms with Crippen LogP contribution in [0.3, 0.4) is 0 Å². The van der Waals surface area contributed by atoms with Crippen molar-refractivity contribution in [3.63, 3.8) is 0 Å². The van der Waals surface area contributed by atoms with E-state index in [9.17, 15) is 4.79 Å². The summed E-state index contributed by atoms with van der Waals surface area (Å²) >= 11 is 0. The van der Waals surface area contributed by atoms with Gasteiger partial charge in [0.05, 0.1) is 5.41 Å². The molecule has 0 aromatic heterocycles. The van der Waals surface area contributed by atoms with Crippen LogP contribution in [-0.4, -0.2) is 5.97 Å². The summed E-state index contributed by atoms with van der Waals surface area (Å²) in [4.78, 5) is 13.3. The lowest BCUT2D eigenvalue weighted by atomic mass is 9.57. The van der Waals surface area contributed by atoms with Gasteiger partial charge in [0.15, 0.2) is 0 Å². The summed E-state index contributed by atoms with van der Waals surface area (Å²) in [5, 5.41) is 2.19. The van der Waals surface area contributed by atoms with Crippen LogP contribution >= 0.6 is 0 Å². The molecular weight excluding hydrogens is 356 g/mol. The smallest absolute Gasteiger partial charge is 0.312 e. The number of fused-ring (bicyclic) bond motifs is 1. The van der Waals surface area contributed by atoms with Crippen molar-refractivity contribution in [1.29, 1.82) is 0 Å². The molecule has 2 aromatic rings. The minimum atomic E-state index is -0.579. The zero-order valence-corrected chi connectivity index (χ0v) is 19.0. The third-order valence-corrected chi connectivity index (χ3v) is 7.13. The van der Waals surface area contributed by atoms with Gasteiger partial charge in [-0.3, -0.25) is 4.79 Å². The zero-order chi connectivity index (χ0) is 21.8. The highest BCUT2D eigenvalue weighted by Gasteiger charge is 2.50. The lowest BCUT2D eigenvalue weighted by molar-refractivity contribution is -0.167. The highest BCUT2D eigenvalue weighted by molar-refractivity contribution is 5.92. The van der Waals surface area contributed by atoms with Crippen molar-refractivity contribution in [2.75, 3.05) is 0 Å². The van der Waals surface area contributed by atoms with Gasteiger partial charge in [-0.05, 0) is 66.0 Å². The predicted molar refractivity (Wildman–Crippen MR) is 126 cm³/mol. The minimum absolute atomic E-state index is 0.101. The second-order valence-electron chi connectivity index (χ2n) is 8.71. The maximum atomic E-state index is 13.3. The molecule has 29 heavy (non-hydrogen) atoms. The Morgan fingerprint density at radius 3 is 2.24 bits per heavy atom. The molecule has 156 valence electrons. The Kier molecular flexibility index (Phi) is 7.11.